The number of aryl methyl sites for hydroxylation is 3. The minimum Gasteiger partial charge on any atom is -0.492 e. The normalized spacial score (nSPS) is 16.0. The van der Waals surface area contributed by atoms with Crippen molar-refractivity contribution in [2.24, 2.45) is 0 Å². The summed E-state index contributed by atoms with van der Waals surface area (Å²) in [5, 5.41) is 0. The maximum absolute atomic E-state index is 13.3. The number of nitrogens with one attached hydrogen (secondary N) is 1. The van der Waals surface area contributed by atoms with Gasteiger partial charge in [0, 0.05) is 6.42 Å². The molecule has 30 heavy (non-hydrogen) atoms. The highest BCUT2D eigenvalue weighted by Gasteiger charge is 2.37. The lowest BCUT2D eigenvalue weighted by atomic mass is 10.1. The largest absolute Gasteiger partial charge is 0.492 e. The van der Waals surface area contributed by atoms with Gasteiger partial charge >= 0.3 is 0 Å². The van der Waals surface area contributed by atoms with Crippen LogP contribution < -0.4 is 13.8 Å². The molecule has 0 aromatic heterocycles. The van der Waals surface area contributed by atoms with Crippen molar-refractivity contribution in [3.8, 4) is 5.75 Å². The number of hydrogen-bond acceptors (Lipinski definition) is 6. The smallest absolute Gasteiger partial charge is 0.265 e. The second-order valence-electron chi connectivity index (χ2n) is 7.17. The summed E-state index contributed by atoms with van der Waals surface area (Å²) in [7, 11) is -7.96. The Bertz CT molecular complexity index is 1200. The van der Waals surface area contributed by atoms with E-state index in [0.29, 0.717) is 9.99 Å². The first-order chi connectivity index (χ1) is 14.0. The van der Waals surface area contributed by atoms with Crippen molar-refractivity contribution < 1.29 is 26.4 Å². The molecule has 1 saturated heterocycles. The van der Waals surface area contributed by atoms with E-state index in [0.717, 1.165) is 22.8 Å². The number of carbonyl (C=O) groups is 1. The molecule has 1 aliphatic rings. The number of ether oxygens (including phenoxy) is 1. The number of anilines is 2. The zero-order chi connectivity index (χ0) is 22.3. The SMILES string of the molecule is CCOc1ccc(N2C(=O)CCS2(=O)=O)cc1S(=O)(=O)Nc1c(C)cc(C)cc1C. The highest BCUT2D eigenvalue weighted by Crippen LogP contribution is 2.34. The molecule has 0 aliphatic carbocycles. The van der Waals surface area contributed by atoms with Gasteiger partial charge in [-0.3, -0.25) is 9.52 Å². The molecule has 1 heterocycles. The van der Waals surface area contributed by atoms with E-state index in [1.807, 2.05) is 19.1 Å². The second kappa shape index (κ2) is 7.92. The molecule has 0 spiro atoms. The number of sulfonamides is 2. The van der Waals surface area contributed by atoms with E-state index < -0.39 is 26.0 Å². The monoisotopic (exact) mass is 452 g/mol. The van der Waals surface area contributed by atoms with E-state index in [2.05, 4.69) is 4.72 Å². The first-order valence-corrected chi connectivity index (χ1v) is 12.5. The quantitative estimate of drug-likeness (QED) is 0.722. The number of carbonyl (C=O) groups excluding carboxylic acids is 1. The number of nitrogens with zero attached hydrogens (tertiary/aromatic N) is 1. The van der Waals surface area contributed by atoms with Gasteiger partial charge in [-0.15, -0.1) is 0 Å². The topological polar surface area (TPSA) is 110 Å². The molecular formula is C20H24N2O6S2. The zero-order valence-electron chi connectivity index (χ0n) is 17.2. The number of rotatable bonds is 6. The van der Waals surface area contributed by atoms with Gasteiger partial charge in [0.2, 0.25) is 15.9 Å². The Hall–Kier alpha value is -2.59. The highest BCUT2D eigenvalue weighted by molar-refractivity contribution is 7.94. The van der Waals surface area contributed by atoms with Gasteiger partial charge < -0.3 is 4.74 Å². The molecule has 0 radical (unpaired) electrons. The minimum atomic E-state index is -4.14. The van der Waals surface area contributed by atoms with Gasteiger partial charge in [-0.25, -0.2) is 21.1 Å². The van der Waals surface area contributed by atoms with Gasteiger partial charge in [0.05, 0.1) is 23.7 Å². The lowest BCUT2D eigenvalue weighted by Crippen LogP contribution is -2.29. The zero-order valence-corrected chi connectivity index (χ0v) is 18.9. The van der Waals surface area contributed by atoms with Gasteiger partial charge in [-0.05, 0) is 57.0 Å². The van der Waals surface area contributed by atoms with E-state index >= 15 is 0 Å². The Morgan fingerprint density at radius 2 is 1.73 bits per heavy atom. The highest BCUT2D eigenvalue weighted by atomic mass is 32.2. The average molecular weight is 453 g/mol. The van der Waals surface area contributed by atoms with E-state index in [-0.39, 0.29) is 35.1 Å². The van der Waals surface area contributed by atoms with Crippen LogP contribution in [0.3, 0.4) is 0 Å². The fourth-order valence-electron chi connectivity index (χ4n) is 3.51. The molecule has 0 saturated carbocycles. The second-order valence-corrected chi connectivity index (χ2v) is 10.8. The summed E-state index contributed by atoms with van der Waals surface area (Å²) in [5.74, 6) is -0.831. The van der Waals surface area contributed by atoms with Gasteiger partial charge in [-0.1, -0.05) is 17.7 Å². The van der Waals surface area contributed by atoms with Crippen LogP contribution in [-0.2, 0) is 24.8 Å². The van der Waals surface area contributed by atoms with Gasteiger partial charge in [0.15, 0.2) is 0 Å². The molecule has 162 valence electrons. The summed E-state index contributed by atoms with van der Waals surface area (Å²) in [6, 6.07) is 7.61. The third kappa shape index (κ3) is 4.15. The van der Waals surface area contributed by atoms with Crippen LogP contribution in [0.15, 0.2) is 35.2 Å². The van der Waals surface area contributed by atoms with Crippen molar-refractivity contribution in [3.05, 3.63) is 47.0 Å². The van der Waals surface area contributed by atoms with E-state index in [9.17, 15) is 21.6 Å². The van der Waals surface area contributed by atoms with Crippen molar-refractivity contribution in [1.29, 1.82) is 0 Å². The van der Waals surface area contributed by atoms with Gasteiger partial charge in [0.1, 0.15) is 10.6 Å². The van der Waals surface area contributed by atoms with Crippen LogP contribution in [0.2, 0.25) is 0 Å². The molecule has 2 aromatic rings. The van der Waals surface area contributed by atoms with Crippen molar-refractivity contribution in [1.82, 2.24) is 0 Å². The minimum absolute atomic E-state index is 0.0290. The van der Waals surface area contributed by atoms with Crippen molar-refractivity contribution in [3.63, 3.8) is 0 Å². The Morgan fingerprint density at radius 1 is 1.10 bits per heavy atom. The number of hydrogen-bond donors (Lipinski definition) is 1. The predicted molar refractivity (Wildman–Crippen MR) is 115 cm³/mol. The first-order valence-electron chi connectivity index (χ1n) is 9.39. The molecule has 3 rings (SSSR count). The van der Waals surface area contributed by atoms with Crippen molar-refractivity contribution in [2.75, 3.05) is 21.4 Å². The Morgan fingerprint density at radius 3 is 2.27 bits per heavy atom. The molecule has 2 aromatic carbocycles. The molecule has 1 N–H and O–H groups in total. The molecule has 0 bridgehead atoms. The fraction of sp³-hybridized carbons (Fsp3) is 0.350. The molecule has 1 amide bonds. The summed E-state index contributed by atoms with van der Waals surface area (Å²) in [6.45, 7) is 7.44. The molecule has 0 unspecified atom stereocenters. The molecule has 8 nitrogen and oxygen atoms in total. The van der Waals surface area contributed by atoms with Crippen LogP contribution >= 0.6 is 0 Å². The third-order valence-electron chi connectivity index (χ3n) is 4.74. The van der Waals surface area contributed by atoms with E-state index in [1.54, 1.807) is 20.8 Å². The standard InChI is InChI=1S/C20H24N2O6S2/c1-5-28-17-7-6-16(22-19(23)8-9-29(22,24)25)12-18(17)30(26,27)21-20-14(3)10-13(2)11-15(20)4/h6-7,10-12,21H,5,8-9H2,1-4H3. The lowest BCUT2D eigenvalue weighted by molar-refractivity contribution is -0.116. The lowest BCUT2D eigenvalue weighted by Gasteiger charge is -2.19. The van der Waals surface area contributed by atoms with Gasteiger partial charge in [0.25, 0.3) is 10.0 Å². The van der Waals surface area contributed by atoms with Crippen molar-refractivity contribution >= 4 is 37.3 Å². The van der Waals surface area contributed by atoms with E-state index in [4.69, 9.17) is 4.74 Å². The van der Waals surface area contributed by atoms with Crippen LogP contribution in [0.1, 0.15) is 30.0 Å². The number of amides is 1. The van der Waals surface area contributed by atoms with Gasteiger partial charge in [-0.2, -0.15) is 0 Å². The molecular weight excluding hydrogens is 428 g/mol. The third-order valence-corrected chi connectivity index (χ3v) is 7.80. The fourth-order valence-corrected chi connectivity index (χ4v) is 6.33. The molecule has 0 atom stereocenters. The summed E-state index contributed by atoms with van der Waals surface area (Å²) in [5.41, 5.74) is 2.92. The van der Waals surface area contributed by atoms with Crippen LogP contribution in [-0.4, -0.2) is 35.1 Å². The Balaban J connectivity index is 2.12. The van der Waals surface area contributed by atoms with E-state index in [1.165, 1.54) is 12.1 Å². The summed E-state index contributed by atoms with van der Waals surface area (Å²) >= 11 is 0. The average Bonchev–Trinajstić information content (AvgIpc) is 2.91. The number of benzene rings is 2. The molecule has 1 aliphatic heterocycles. The summed E-state index contributed by atoms with van der Waals surface area (Å²) in [6.07, 6.45) is -0.141. The Kier molecular flexibility index (Phi) is 5.83. The molecule has 1 fully saturated rings. The summed E-state index contributed by atoms with van der Waals surface area (Å²) in [4.78, 5) is 11.9. The summed E-state index contributed by atoms with van der Waals surface area (Å²) < 4.78 is 59.7. The first kappa shape index (κ1) is 22.1. The Labute approximate surface area is 177 Å². The predicted octanol–water partition coefficient (Wildman–Crippen LogP) is 2.88. The molecule has 10 heteroatoms. The maximum Gasteiger partial charge on any atom is 0.265 e. The van der Waals surface area contributed by atoms with Crippen LogP contribution in [0.5, 0.6) is 5.75 Å². The van der Waals surface area contributed by atoms with Crippen LogP contribution in [0.25, 0.3) is 0 Å². The maximum atomic E-state index is 13.3. The van der Waals surface area contributed by atoms with Crippen LogP contribution in [0.4, 0.5) is 11.4 Å². The van der Waals surface area contributed by atoms with Crippen LogP contribution in [0, 0.1) is 20.8 Å². The van der Waals surface area contributed by atoms with Crippen molar-refractivity contribution in [2.45, 2.75) is 39.0 Å².